The van der Waals surface area contributed by atoms with Gasteiger partial charge in [0.05, 0.1) is 11.4 Å². The maximum atomic E-state index is 13.3. The molecule has 1 heterocycles. The monoisotopic (exact) mass is 543 g/mol. The molecule has 1 aliphatic carbocycles. The van der Waals surface area contributed by atoms with Crippen LogP contribution in [0.5, 0.6) is 0 Å². The molecule has 2 amide bonds. The minimum absolute atomic E-state index is 0.0743. The Kier molecular flexibility index (Phi) is 11.1. The van der Waals surface area contributed by atoms with Crippen molar-refractivity contribution in [3.05, 3.63) is 58.5 Å². The van der Waals surface area contributed by atoms with Crippen LogP contribution in [0.25, 0.3) is 0 Å². The number of primary amides is 1. The molecular formula is C28H37N3O8. The molecular weight excluding hydrogens is 506 g/mol. The van der Waals surface area contributed by atoms with Crippen LogP contribution in [0.3, 0.4) is 0 Å². The van der Waals surface area contributed by atoms with E-state index in [4.69, 9.17) is 25.7 Å². The zero-order valence-electron chi connectivity index (χ0n) is 23.1. The Morgan fingerprint density at radius 2 is 1.74 bits per heavy atom. The normalized spacial score (nSPS) is 31.4. The predicted octanol–water partition coefficient (Wildman–Crippen LogP) is 1.93. The zero-order chi connectivity index (χ0) is 29.4. The lowest BCUT2D eigenvalue weighted by atomic mass is 9.85. The topological polar surface area (TPSA) is 177 Å². The average Bonchev–Trinajstić information content (AvgIpc) is 2.88. The van der Waals surface area contributed by atoms with Crippen molar-refractivity contribution < 1.29 is 38.2 Å². The van der Waals surface area contributed by atoms with Crippen LogP contribution < -0.4 is 16.8 Å². The highest BCUT2D eigenvalue weighted by Crippen LogP contribution is 2.27. The molecule has 11 heteroatoms. The second kappa shape index (κ2) is 13.8. The number of Topliss-reactive ketones (excluding diaryl/α,β-unsaturated/α-hetero) is 2. The third kappa shape index (κ3) is 8.08. The van der Waals surface area contributed by atoms with E-state index in [1.165, 1.54) is 33.3 Å². The van der Waals surface area contributed by atoms with Gasteiger partial charge in [0.15, 0.2) is 11.9 Å². The molecule has 0 radical (unpaired) electrons. The quantitative estimate of drug-likeness (QED) is 0.354. The molecule has 3 unspecified atom stereocenters. The summed E-state index contributed by atoms with van der Waals surface area (Å²) >= 11 is 0. The van der Waals surface area contributed by atoms with Crippen LogP contribution in [0, 0.1) is 11.8 Å². The molecule has 11 nitrogen and oxygen atoms in total. The van der Waals surface area contributed by atoms with Gasteiger partial charge in [0, 0.05) is 37.4 Å². The first-order valence-electron chi connectivity index (χ1n) is 12.5. The van der Waals surface area contributed by atoms with Gasteiger partial charge in [-0.1, -0.05) is 38.2 Å². The molecule has 5 N–H and O–H groups in total. The van der Waals surface area contributed by atoms with Crippen LogP contribution >= 0.6 is 0 Å². The Hall–Kier alpha value is -3.83. The Labute approximate surface area is 228 Å². The van der Waals surface area contributed by atoms with Gasteiger partial charge in [0.1, 0.15) is 12.2 Å². The van der Waals surface area contributed by atoms with Crippen molar-refractivity contribution in [1.82, 2.24) is 5.32 Å². The highest BCUT2D eigenvalue weighted by atomic mass is 16.6. The fraction of sp³-hybridized carbons (Fsp3) is 0.464. The lowest BCUT2D eigenvalue weighted by Crippen LogP contribution is -2.35. The molecule has 2 rings (SSSR count). The number of nitrogens with one attached hydrogen (secondary N) is 1. The standard InChI is InChI=1S/C28H37N3O8/c1-14-10-18-23(29)20(32)13-19(25(18)34)31-27(35)15(2)8-7-9-21(37-5)26(39-28(30)36)17(4)12-16(3)24(33)22(11-14)38-6/h7-9,12-14,16,21-22,26H,10-11,29H2,1-6H3,(H2,30,36)(H,31,35)/b9-7-,15-8+,17-12+/t14-,16+,21?,22?,26?/m1/s1. The summed E-state index contributed by atoms with van der Waals surface area (Å²) in [5.41, 5.74) is 11.7. The summed E-state index contributed by atoms with van der Waals surface area (Å²) in [4.78, 5) is 63.4. The number of hydrogen-bond donors (Lipinski definition) is 3. The van der Waals surface area contributed by atoms with E-state index in [2.05, 4.69) is 5.32 Å². The minimum Gasteiger partial charge on any atom is -0.439 e. The number of methoxy groups -OCH3 is 2. The van der Waals surface area contributed by atoms with Crippen molar-refractivity contribution >= 4 is 29.4 Å². The summed E-state index contributed by atoms with van der Waals surface area (Å²) in [6.45, 7) is 6.70. The fourth-order valence-electron chi connectivity index (χ4n) is 4.45. The van der Waals surface area contributed by atoms with E-state index >= 15 is 0 Å². The Morgan fingerprint density at radius 1 is 1.08 bits per heavy atom. The van der Waals surface area contributed by atoms with Gasteiger partial charge in [0.25, 0.3) is 5.91 Å². The van der Waals surface area contributed by atoms with Crippen LogP contribution in [0.2, 0.25) is 0 Å². The van der Waals surface area contributed by atoms with Crippen LogP contribution in [-0.2, 0) is 33.4 Å². The van der Waals surface area contributed by atoms with Gasteiger partial charge in [-0.15, -0.1) is 0 Å². The molecule has 0 saturated carbocycles. The SMILES string of the molecule is COC1C[C@H](C)CC2=C(N)C(=O)C=C(NC(=O)/C(C)=C/C=C\C(OC)C(OC(N)=O)/C(C)=C/[C@H](C)C1=O)C2=O. The van der Waals surface area contributed by atoms with Crippen molar-refractivity contribution in [2.45, 2.75) is 58.8 Å². The van der Waals surface area contributed by atoms with E-state index in [-0.39, 0.29) is 47.1 Å². The first kappa shape index (κ1) is 31.4. The summed E-state index contributed by atoms with van der Waals surface area (Å²) in [6, 6.07) is 0. The molecule has 2 aliphatic rings. The third-order valence-electron chi connectivity index (χ3n) is 6.63. The smallest absolute Gasteiger partial charge is 0.405 e. The number of hydrogen-bond acceptors (Lipinski definition) is 9. The van der Waals surface area contributed by atoms with E-state index in [0.29, 0.717) is 5.57 Å². The number of rotatable bonds is 3. The van der Waals surface area contributed by atoms with Crippen LogP contribution in [0.15, 0.2) is 58.5 Å². The highest BCUT2D eigenvalue weighted by molar-refractivity contribution is 6.23. The second-order valence-corrected chi connectivity index (χ2v) is 9.76. The molecule has 0 saturated heterocycles. The molecule has 5 atom stereocenters. The van der Waals surface area contributed by atoms with Gasteiger partial charge >= 0.3 is 6.09 Å². The van der Waals surface area contributed by atoms with Crippen LogP contribution in [0.1, 0.15) is 40.5 Å². The van der Waals surface area contributed by atoms with Crippen molar-refractivity contribution in [3.8, 4) is 0 Å². The first-order chi connectivity index (χ1) is 18.3. The number of ether oxygens (including phenoxy) is 3. The van der Waals surface area contributed by atoms with Gasteiger partial charge < -0.3 is 31.0 Å². The predicted molar refractivity (Wildman–Crippen MR) is 143 cm³/mol. The number of amides is 2. The highest BCUT2D eigenvalue weighted by Gasteiger charge is 2.32. The summed E-state index contributed by atoms with van der Waals surface area (Å²) in [5, 5.41) is 2.48. The average molecular weight is 544 g/mol. The fourth-order valence-corrected chi connectivity index (χ4v) is 4.45. The van der Waals surface area contributed by atoms with Gasteiger partial charge in [-0.25, -0.2) is 4.79 Å². The van der Waals surface area contributed by atoms with Crippen molar-refractivity contribution in [2.24, 2.45) is 23.3 Å². The van der Waals surface area contributed by atoms with Crippen LogP contribution in [-0.4, -0.2) is 61.9 Å². The zero-order valence-corrected chi connectivity index (χ0v) is 23.1. The minimum atomic E-state index is -1.03. The summed E-state index contributed by atoms with van der Waals surface area (Å²) in [6.07, 6.45) is 3.91. The number of carbonyl (C=O) groups excluding carboxylic acids is 5. The van der Waals surface area contributed by atoms with E-state index in [0.717, 1.165) is 6.08 Å². The third-order valence-corrected chi connectivity index (χ3v) is 6.63. The molecule has 0 spiro atoms. The molecule has 212 valence electrons. The van der Waals surface area contributed by atoms with Gasteiger partial charge in [-0.05, 0) is 38.2 Å². The van der Waals surface area contributed by atoms with Crippen molar-refractivity contribution in [3.63, 3.8) is 0 Å². The summed E-state index contributed by atoms with van der Waals surface area (Å²) < 4.78 is 16.3. The molecule has 0 aromatic carbocycles. The van der Waals surface area contributed by atoms with Gasteiger partial charge in [-0.2, -0.15) is 0 Å². The number of nitrogens with two attached hydrogens (primary N) is 2. The number of allylic oxidation sites excluding steroid dienone is 5. The lowest BCUT2D eigenvalue weighted by Gasteiger charge is -2.26. The summed E-state index contributed by atoms with van der Waals surface area (Å²) in [7, 11) is 2.82. The maximum Gasteiger partial charge on any atom is 0.405 e. The van der Waals surface area contributed by atoms with E-state index < -0.39 is 47.8 Å². The molecule has 0 aromatic heterocycles. The molecule has 1 aliphatic heterocycles. The number of ketones is 3. The molecule has 0 aromatic rings. The second-order valence-electron chi connectivity index (χ2n) is 9.76. The summed E-state index contributed by atoms with van der Waals surface area (Å²) in [5.74, 6) is -2.91. The van der Waals surface area contributed by atoms with Gasteiger partial charge in [-0.3, -0.25) is 19.2 Å². The largest absolute Gasteiger partial charge is 0.439 e. The maximum absolute atomic E-state index is 13.3. The number of carbonyl (C=O) groups is 5. The Bertz CT molecular complexity index is 1180. The molecule has 0 fully saturated rings. The van der Waals surface area contributed by atoms with Crippen LogP contribution in [0.4, 0.5) is 4.79 Å². The number of fused-ring (bicyclic) bond motifs is 2. The van der Waals surface area contributed by atoms with Crippen molar-refractivity contribution in [2.75, 3.05) is 14.2 Å². The first-order valence-corrected chi connectivity index (χ1v) is 12.5. The molecule has 2 bridgehead atoms. The van der Waals surface area contributed by atoms with E-state index in [9.17, 15) is 24.0 Å². The molecule has 39 heavy (non-hydrogen) atoms. The lowest BCUT2D eigenvalue weighted by molar-refractivity contribution is -0.132. The Morgan fingerprint density at radius 3 is 2.33 bits per heavy atom. The van der Waals surface area contributed by atoms with E-state index in [1.807, 2.05) is 0 Å². The van der Waals surface area contributed by atoms with E-state index in [1.54, 1.807) is 32.9 Å². The van der Waals surface area contributed by atoms with Gasteiger partial charge in [0.2, 0.25) is 11.6 Å². The Balaban J connectivity index is 2.58. The van der Waals surface area contributed by atoms with Crippen molar-refractivity contribution in [1.29, 1.82) is 0 Å².